The summed E-state index contributed by atoms with van der Waals surface area (Å²) < 4.78 is 61.6. The lowest BCUT2D eigenvalue weighted by molar-refractivity contribution is -0.297. The summed E-state index contributed by atoms with van der Waals surface area (Å²) in [5.41, 5.74) is 0. The third kappa shape index (κ3) is 65.3. The summed E-state index contributed by atoms with van der Waals surface area (Å²) in [7, 11) is -5.59. The Morgan fingerprint density at radius 2 is 0.579 bits per heavy atom. The van der Waals surface area contributed by atoms with Gasteiger partial charge in [-0.15, -0.1) is 0 Å². The fourth-order valence-corrected chi connectivity index (χ4v) is 18.3. The molecule has 2 heterocycles. The van der Waals surface area contributed by atoms with Gasteiger partial charge < -0.3 is 74.0 Å². The standard InChI is InChI=1S/C102H193N2O21P/c1-7-13-19-25-31-37-40-43-44-46-49-54-59-65-71-77-92(109)120-85(74-68-62-57-51-35-29-23-17-11-5)80-90(107)104-96-100(124-94(111)81-86(75-69-63-55-36-30-24-18-12-6)121-93(110)78-72-66-60-52-47-42-39-33-27-21-15-9-3)99(125-126(115,116)117)87(82-105)123-102(96)118-83-88-97(112)98(113)95(101(114)122-88)103-89(106)79-84(73-67-61-56-50-34-28-22-16-10-4)119-91(108)76-70-64-58-53-48-45-41-38-32-26-20-14-8-2/h84-88,95-102,105,112-114H,7-83H2,1-6H3,(H,103,106)(H,104,107)(H2,115,116,117)/t84-,85-,86+,87-,88-,95-,96-,97-,98-,99-,100-,101?,102-/m1/s1. The van der Waals surface area contributed by atoms with Crippen LogP contribution in [0.4, 0.5) is 0 Å². The van der Waals surface area contributed by atoms with Gasteiger partial charge in [-0.05, 0) is 57.8 Å². The summed E-state index contributed by atoms with van der Waals surface area (Å²) in [5.74, 6) is -3.83. The van der Waals surface area contributed by atoms with Gasteiger partial charge in [-0.3, -0.25) is 33.3 Å². The molecule has 8 N–H and O–H groups in total. The molecular weight excluding hydrogens is 1620 g/mol. The lowest BCUT2D eigenvalue weighted by Gasteiger charge is -2.46. The van der Waals surface area contributed by atoms with E-state index in [1.807, 2.05) is 0 Å². The number of hydrogen-bond acceptors (Lipinski definition) is 19. The van der Waals surface area contributed by atoms with E-state index >= 15 is 4.79 Å². The van der Waals surface area contributed by atoms with Crippen LogP contribution in [0.5, 0.6) is 0 Å². The van der Waals surface area contributed by atoms with E-state index in [1.165, 1.54) is 205 Å². The van der Waals surface area contributed by atoms with Crippen LogP contribution >= 0.6 is 7.82 Å². The van der Waals surface area contributed by atoms with Gasteiger partial charge >= 0.3 is 31.7 Å². The Hall–Kier alpha value is -3.35. The third-order valence-corrected chi connectivity index (χ3v) is 26.1. The molecule has 2 aliphatic heterocycles. The quantitative estimate of drug-likeness (QED) is 0.0121. The molecule has 23 nitrogen and oxygen atoms in total. The van der Waals surface area contributed by atoms with E-state index in [2.05, 4.69) is 52.2 Å². The van der Waals surface area contributed by atoms with E-state index in [0.717, 1.165) is 180 Å². The second kappa shape index (κ2) is 82.3. The predicted octanol–water partition coefficient (Wildman–Crippen LogP) is 24.6. The van der Waals surface area contributed by atoms with Gasteiger partial charge in [0.05, 0.1) is 32.5 Å². The van der Waals surface area contributed by atoms with Crippen LogP contribution in [0.2, 0.25) is 0 Å². The number of nitrogens with one attached hydrogen (secondary N) is 2. The van der Waals surface area contributed by atoms with Gasteiger partial charge in [-0.1, -0.05) is 427 Å². The molecule has 2 fully saturated rings. The first-order valence-corrected chi connectivity index (χ1v) is 54.4. The predicted molar refractivity (Wildman–Crippen MR) is 505 cm³/mol. The molecule has 2 rings (SSSR count). The van der Waals surface area contributed by atoms with E-state index in [4.69, 9.17) is 37.7 Å². The minimum Gasteiger partial charge on any atom is -0.462 e. The molecule has 0 aromatic heterocycles. The van der Waals surface area contributed by atoms with Crippen molar-refractivity contribution in [1.82, 2.24) is 10.6 Å². The number of phosphoric acid groups is 1. The number of aliphatic hydroxyl groups is 4. The largest absolute Gasteiger partial charge is 0.470 e. The summed E-state index contributed by atoms with van der Waals surface area (Å²) in [6.07, 6.45) is 55.0. The van der Waals surface area contributed by atoms with Crippen molar-refractivity contribution < 1.29 is 101 Å². The van der Waals surface area contributed by atoms with Crippen LogP contribution in [0, 0.1) is 0 Å². The van der Waals surface area contributed by atoms with Crippen LogP contribution in [0.25, 0.3) is 0 Å². The van der Waals surface area contributed by atoms with Gasteiger partial charge in [0, 0.05) is 19.3 Å². The Labute approximate surface area is 767 Å². The van der Waals surface area contributed by atoms with Crippen LogP contribution in [0.3, 0.4) is 0 Å². The van der Waals surface area contributed by atoms with Crippen LogP contribution in [0.1, 0.15) is 523 Å². The lowest BCUT2D eigenvalue weighted by atomic mass is 9.95. The van der Waals surface area contributed by atoms with E-state index in [0.29, 0.717) is 51.4 Å². The Balaban J connectivity index is 2.55. The molecule has 0 aliphatic carbocycles. The van der Waals surface area contributed by atoms with Crippen molar-refractivity contribution in [3.05, 3.63) is 0 Å². The number of carbonyl (C=O) groups is 6. The van der Waals surface area contributed by atoms with Gasteiger partial charge in [0.2, 0.25) is 11.8 Å². The molecule has 0 radical (unpaired) electrons. The van der Waals surface area contributed by atoms with Gasteiger partial charge in [-0.2, -0.15) is 0 Å². The second-order valence-electron chi connectivity index (χ2n) is 37.6. The average Bonchev–Trinajstić information content (AvgIpc) is 0.776. The van der Waals surface area contributed by atoms with E-state index < -0.39 is 149 Å². The lowest BCUT2D eigenvalue weighted by Crippen LogP contribution is -2.67. The molecule has 742 valence electrons. The minimum absolute atomic E-state index is 0.125. The van der Waals surface area contributed by atoms with Crippen LogP contribution in [-0.2, 0) is 71.0 Å². The first kappa shape index (κ1) is 119. The molecule has 1 unspecified atom stereocenters. The van der Waals surface area contributed by atoms with Crippen molar-refractivity contribution in [2.24, 2.45) is 0 Å². The highest BCUT2D eigenvalue weighted by atomic mass is 31.2. The summed E-state index contributed by atoms with van der Waals surface area (Å²) in [4.78, 5) is 106. The number of aliphatic hydroxyl groups excluding tert-OH is 4. The summed E-state index contributed by atoms with van der Waals surface area (Å²) in [5, 5.41) is 52.0. The Morgan fingerprint density at radius 3 is 0.857 bits per heavy atom. The zero-order valence-electron chi connectivity index (χ0n) is 81.2. The average molecular weight is 1810 g/mol. The Kier molecular flexibility index (Phi) is 77.6. The highest BCUT2D eigenvalue weighted by Gasteiger charge is 2.53. The topological polar surface area (TPSA) is 339 Å². The highest BCUT2D eigenvalue weighted by Crippen LogP contribution is 2.43. The van der Waals surface area contributed by atoms with Crippen LogP contribution in [-0.4, -0.2) is 159 Å². The van der Waals surface area contributed by atoms with Gasteiger partial charge in [0.15, 0.2) is 18.7 Å². The third-order valence-electron chi connectivity index (χ3n) is 25.6. The molecule has 0 bridgehead atoms. The summed E-state index contributed by atoms with van der Waals surface area (Å²) in [6.45, 7) is 11.5. The number of hydrogen-bond donors (Lipinski definition) is 8. The first-order valence-electron chi connectivity index (χ1n) is 52.9. The van der Waals surface area contributed by atoms with Crippen molar-refractivity contribution >= 4 is 43.5 Å². The molecule has 126 heavy (non-hydrogen) atoms. The maximum absolute atomic E-state index is 15.1. The number of esters is 4. The van der Waals surface area contributed by atoms with Crippen molar-refractivity contribution in [2.75, 3.05) is 13.2 Å². The van der Waals surface area contributed by atoms with Gasteiger partial charge in [-0.25, -0.2) is 4.57 Å². The van der Waals surface area contributed by atoms with Crippen molar-refractivity contribution in [3.63, 3.8) is 0 Å². The molecule has 0 saturated carbocycles. The number of rotatable bonds is 90. The maximum Gasteiger partial charge on any atom is 0.470 e. The SMILES string of the molecule is CCCCCCCCCCCCCCCCCC(=O)O[C@H](CCCCCCCCCCC)CC(=O)N[C@H]1[C@H](OC[C@H]2OC(O)[C@H](NC(=O)C[C@@H](CCCCCCCCCCC)OC(=O)CCCCCCCCCCCCCCC)[C@@H](O)[C@@H]2O)O[C@H](CO)[C@@H](OP(=O)(O)O)[C@@H]1OC(=O)C[C@H](CCCCCCCCCC)OC(=O)CCCCCCCCCCCCCC. The van der Waals surface area contributed by atoms with E-state index in [9.17, 15) is 58.8 Å². The van der Waals surface area contributed by atoms with Gasteiger partial charge in [0.1, 0.15) is 60.9 Å². The van der Waals surface area contributed by atoms with Crippen molar-refractivity contribution in [3.8, 4) is 0 Å². The zero-order valence-corrected chi connectivity index (χ0v) is 82.1. The Morgan fingerprint density at radius 1 is 0.317 bits per heavy atom. The number of carbonyl (C=O) groups excluding carboxylic acids is 6. The molecule has 2 saturated heterocycles. The number of unbranched alkanes of at least 4 members (excludes halogenated alkanes) is 60. The molecule has 13 atom stereocenters. The molecular formula is C102H193N2O21P. The molecule has 0 aromatic carbocycles. The number of ether oxygens (including phenoxy) is 7. The molecule has 24 heteroatoms. The van der Waals surface area contributed by atoms with Crippen molar-refractivity contribution in [1.29, 1.82) is 0 Å². The smallest absolute Gasteiger partial charge is 0.462 e. The maximum atomic E-state index is 15.1. The normalized spacial score (nSPS) is 19.8. The summed E-state index contributed by atoms with van der Waals surface area (Å²) >= 11 is 0. The monoisotopic (exact) mass is 1810 g/mol. The number of phosphoric ester groups is 1. The fraction of sp³-hybridized carbons (Fsp3) is 0.941. The van der Waals surface area contributed by atoms with Crippen LogP contribution < -0.4 is 10.6 Å². The molecule has 0 aromatic rings. The van der Waals surface area contributed by atoms with E-state index in [1.54, 1.807) is 0 Å². The minimum atomic E-state index is -5.59. The summed E-state index contributed by atoms with van der Waals surface area (Å²) in [6, 6.07) is -3.38. The molecule has 0 spiro atoms. The molecule has 2 amide bonds. The molecule has 2 aliphatic rings. The van der Waals surface area contributed by atoms with Crippen molar-refractivity contribution in [2.45, 2.75) is 603 Å². The zero-order chi connectivity index (χ0) is 92.0. The fourth-order valence-electron chi connectivity index (χ4n) is 17.7. The first-order chi connectivity index (χ1) is 61.2. The van der Waals surface area contributed by atoms with Crippen LogP contribution in [0.15, 0.2) is 0 Å². The highest BCUT2D eigenvalue weighted by molar-refractivity contribution is 7.46. The number of amides is 2. The second-order valence-corrected chi connectivity index (χ2v) is 38.8. The Bertz CT molecular complexity index is 2620. The van der Waals surface area contributed by atoms with E-state index in [-0.39, 0.29) is 32.1 Å². The van der Waals surface area contributed by atoms with Gasteiger partial charge in [0.25, 0.3) is 0 Å².